The molecule has 1 aromatic carbocycles. The Morgan fingerprint density at radius 1 is 1.14 bits per heavy atom. The average Bonchev–Trinajstić information content (AvgIpc) is 3.08. The van der Waals surface area contributed by atoms with E-state index in [1.165, 1.54) is 32.1 Å². The van der Waals surface area contributed by atoms with Crippen molar-refractivity contribution in [2.75, 3.05) is 10.6 Å². The van der Waals surface area contributed by atoms with Crippen molar-refractivity contribution in [3.05, 3.63) is 41.6 Å². The molecule has 2 aromatic rings. The van der Waals surface area contributed by atoms with Crippen molar-refractivity contribution in [3.63, 3.8) is 0 Å². The normalized spacial score (nSPS) is 14.7. The van der Waals surface area contributed by atoms with Gasteiger partial charge < -0.3 is 16.0 Å². The maximum absolute atomic E-state index is 12.5. The van der Waals surface area contributed by atoms with Gasteiger partial charge >= 0.3 is 6.03 Å². The van der Waals surface area contributed by atoms with E-state index < -0.39 is 0 Å². The molecule has 1 heterocycles. The second-order valence-corrected chi connectivity index (χ2v) is 7.77. The molecule has 3 rings (SSSR count). The predicted molar refractivity (Wildman–Crippen MR) is 111 cm³/mol. The summed E-state index contributed by atoms with van der Waals surface area (Å²) in [6.45, 7) is 3.77. The molecule has 0 unspecified atom stereocenters. The smallest absolute Gasteiger partial charge is 0.319 e. The number of hydrogen-bond donors (Lipinski definition) is 4. The summed E-state index contributed by atoms with van der Waals surface area (Å²) in [6, 6.07) is 8.47. The average molecular weight is 383 g/mol. The lowest BCUT2D eigenvalue weighted by atomic mass is 9.86. The van der Waals surface area contributed by atoms with Crippen LogP contribution < -0.4 is 16.0 Å². The summed E-state index contributed by atoms with van der Waals surface area (Å²) in [4.78, 5) is 24.4. The number of anilines is 2. The lowest BCUT2D eigenvalue weighted by Crippen LogP contribution is -2.34. The first kappa shape index (κ1) is 19.9. The summed E-state index contributed by atoms with van der Waals surface area (Å²) in [5.41, 5.74) is 2.08. The lowest BCUT2D eigenvalue weighted by Gasteiger charge is -2.20. The van der Waals surface area contributed by atoms with E-state index in [0.29, 0.717) is 23.0 Å². The zero-order valence-electron chi connectivity index (χ0n) is 16.5. The molecule has 0 spiro atoms. The minimum Gasteiger partial charge on any atom is -0.336 e. The molecule has 0 saturated heterocycles. The molecule has 1 aliphatic rings. The first-order valence-corrected chi connectivity index (χ1v) is 10.0. The van der Waals surface area contributed by atoms with Crippen LogP contribution in [-0.2, 0) is 6.42 Å². The Hall–Kier alpha value is -2.83. The molecule has 0 atom stereocenters. The quantitative estimate of drug-likeness (QED) is 0.598. The van der Waals surface area contributed by atoms with E-state index >= 15 is 0 Å². The van der Waals surface area contributed by atoms with E-state index in [9.17, 15) is 9.59 Å². The monoisotopic (exact) mass is 383 g/mol. The highest BCUT2D eigenvalue weighted by Gasteiger charge is 2.16. The minimum absolute atomic E-state index is 0.0361. The number of amides is 3. The highest BCUT2D eigenvalue weighted by Crippen LogP contribution is 2.26. The van der Waals surface area contributed by atoms with Gasteiger partial charge in [0.25, 0.3) is 5.91 Å². The van der Waals surface area contributed by atoms with Crippen LogP contribution in [0.25, 0.3) is 0 Å². The van der Waals surface area contributed by atoms with Gasteiger partial charge in [0.15, 0.2) is 5.82 Å². The summed E-state index contributed by atoms with van der Waals surface area (Å²) in [5, 5.41) is 15.5. The Morgan fingerprint density at radius 3 is 2.68 bits per heavy atom. The number of nitrogens with one attached hydrogen (secondary N) is 4. The number of nitrogens with zero attached hydrogens (tertiary/aromatic N) is 1. The topological polar surface area (TPSA) is 98.9 Å². The highest BCUT2D eigenvalue weighted by molar-refractivity contribution is 6.04. The van der Waals surface area contributed by atoms with E-state index in [1.807, 2.05) is 19.9 Å². The molecule has 7 nitrogen and oxygen atoms in total. The van der Waals surface area contributed by atoms with Crippen LogP contribution in [0.15, 0.2) is 30.3 Å². The van der Waals surface area contributed by atoms with Gasteiger partial charge in [-0.3, -0.25) is 9.89 Å². The summed E-state index contributed by atoms with van der Waals surface area (Å²) >= 11 is 0. The van der Waals surface area contributed by atoms with Crippen LogP contribution in [0.1, 0.15) is 62.0 Å². The van der Waals surface area contributed by atoms with Crippen molar-refractivity contribution in [3.8, 4) is 0 Å². The Bertz CT molecular complexity index is 809. The molecule has 0 radical (unpaired) electrons. The maximum Gasteiger partial charge on any atom is 0.319 e. The third-order valence-corrected chi connectivity index (χ3v) is 4.91. The lowest BCUT2D eigenvalue weighted by molar-refractivity contribution is 0.102. The number of aromatic amines is 1. The van der Waals surface area contributed by atoms with E-state index in [1.54, 1.807) is 24.3 Å². The molecule has 7 heteroatoms. The Labute approximate surface area is 165 Å². The molecule has 1 fully saturated rings. The number of hydrogen-bond acceptors (Lipinski definition) is 3. The molecule has 1 saturated carbocycles. The molecule has 1 aromatic heterocycles. The van der Waals surface area contributed by atoms with Crippen molar-refractivity contribution in [2.45, 2.75) is 58.4 Å². The van der Waals surface area contributed by atoms with E-state index in [0.717, 1.165) is 12.1 Å². The predicted octanol–water partition coefficient (Wildman–Crippen LogP) is 4.31. The van der Waals surface area contributed by atoms with Crippen molar-refractivity contribution >= 4 is 23.4 Å². The fourth-order valence-corrected chi connectivity index (χ4v) is 3.59. The minimum atomic E-state index is -0.299. The Balaban J connectivity index is 1.57. The van der Waals surface area contributed by atoms with Crippen LogP contribution in [0, 0.1) is 5.92 Å². The van der Waals surface area contributed by atoms with Crippen LogP contribution in [0.4, 0.5) is 16.3 Å². The molecule has 3 amide bonds. The zero-order valence-corrected chi connectivity index (χ0v) is 16.5. The summed E-state index contributed by atoms with van der Waals surface area (Å²) < 4.78 is 0. The second-order valence-electron chi connectivity index (χ2n) is 7.77. The zero-order chi connectivity index (χ0) is 19.9. The molecule has 0 aliphatic heterocycles. The number of aromatic nitrogens is 2. The van der Waals surface area contributed by atoms with Crippen LogP contribution in [-0.4, -0.2) is 28.2 Å². The SMILES string of the molecule is CC(C)NC(=O)Nc1cccc(C(=O)Nc2cc(CC3CCCCC3)[nH]n2)c1. The standard InChI is InChI=1S/C21H29N5O2/c1-14(2)22-21(28)23-17-10-6-9-16(12-17)20(27)24-19-13-18(25-26-19)11-15-7-4-3-5-8-15/h6,9-10,12-15H,3-5,7-8,11H2,1-2H3,(H2,22,23,28)(H2,24,25,26,27). The number of rotatable bonds is 6. The van der Waals surface area contributed by atoms with Gasteiger partial charge in [0.2, 0.25) is 0 Å². The Kier molecular flexibility index (Phi) is 6.68. The van der Waals surface area contributed by atoms with Gasteiger partial charge in [0, 0.05) is 29.1 Å². The molecule has 4 N–H and O–H groups in total. The molecule has 150 valence electrons. The second kappa shape index (κ2) is 9.39. The molecular weight excluding hydrogens is 354 g/mol. The first-order chi connectivity index (χ1) is 13.5. The van der Waals surface area contributed by atoms with E-state index in [2.05, 4.69) is 26.1 Å². The highest BCUT2D eigenvalue weighted by atomic mass is 16.2. The maximum atomic E-state index is 12.5. The van der Waals surface area contributed by atoms with Gasteiger partial charge in [-0.15, -0.1) is 0 Å². The number of carbonyl (C=O) groups excluding carboxylic acids is 2. The fraction of sp³-hybridized carbons (Fsp3) is 0.476. The van der Waals surface area contributed by atoms with Crippen molar-refractivity contribution < 1.29 is 9.59 Å². The fourth-order valence-electron chi connectivity index (χ4n) is 3.59. The van der Waals surface area contributed by atoms with Crippen LogP contribution >= 0.6 is 0 Å². The van der Waals surface area contributed by atoms with Crippen molar-refractivity contribution in [1.82, 2.24) is 15.5 Å². The summed E-state index contributed by atoms with van der Waals surface area (Å²) in [5.74, 6) is 0.966. The molecule has 1 aliphatic carbocycles. The third kappa shape index (κ3) is 5.84. The summed E-state index contributed by atoms with van der Waals surface area (Å²) in [6.07, 6.45) is 7.47. The van der Waals surface area contributed by atoms with Crippen LogP contribution in [0.2, 0.25) is 0 Å². The van der Waals surface area contributed by atoms with Crippen molar-refractivity contribution in [2.24, 2.45) is 5.92 Å². The molecule has 28 heavy (non-hydrogen) atoms. The molecule has 0 bridgehead atoms. The van der Waals surface area contributed by atoms with Gasteiger partial charge in [-0.25, -0.2) is 4.79 Å². The number of benzene rings is 1. The van der Waals surface area contributed by atoms with Crippen LogP contribution in [0.3, 0.4) is 0 Å². The number of H-pyrrole nitrogens is 1. The third-order valence-electron chi connectivity index (χ3n) is 4.91. The number of urea groups is 1. The van der Waals surface area contributed by atoms with Gasteiger partial charge in [0.05, 0.1) is 0 Å². The van der Waals surface area contributed by atoms with Crippen molar-refractivity contribution in [1.29, 1.82) is 0 Å². The van der Waals surface area contributed by atoms with Gasteiger partial charge in [0.1, 0.15) is 0 Å². The molecular formula is C21H29N5O2. The number of carbonyl (C=O) groups is 2. The Morgan fingerprint density at radius 2 is 1.93 bits per heavy atom. The first-order valence-electron chi connectivity index (χ1n) is 10.0. The van der Waals surface area contributed by atoms with Gasteiger partial charge in [-0.05, 0) is 44.4 Å². The van der Waals surface area contributed by atoms with E-state index in [-0.39, 0.29) is 18.0 Å². The summed E-state index contributed by atoms with van der Waals surface area (Å²) in [7, 11) is 0. The van der Waals surface area contributed by atoms with Crippen LogP contribution in [0.5, 0.6) is 0 Å². The van der Waals surface area contributed by atoms with Gasteiger partial charge in [-0.2, -0.15) is 5.10 Å². The van der Waals surface area contributed by atoms with Gasteiger partial charge in [-0.1, -0.05) is 38.2 Å². The van der Waals surface area contributed by atoms with E-state index in [4.69, 9.17) is 0 Å². The largest absolute Gasteiger partial charge is 0.336 e.